The lowest BCUT2D eigenvalue weighted by molar-refractivity contribution is -0.125. The number of hydrogen-bond acceptors (Lipinski definition) is 3. The van der Waals surface area contributed by atoms with Crippen LogP contribution in [0.2, 0.25) is 0 Å². The molecule has 4 rings (SSSR count). The Morgan fingerprint density at radius 2 is 2.00 bits per heavy atom. The molecular weight excluding hydrogens is 355 g/mol. The van der Waals surface area contributed by atoms with Gasteiger partial charge >= 0.3 is 0 Å². The summed E-state index contributed by atoms with van der Waals surface area (Å²) < 4.78 is 15.1. The Hall–Kier alpha value is -2.89. The summed E-state index contributed by atoms with van der Waals surface area (Å²) in [6, 6.07) is 14.5. The summed E-state index contributed by atoms with van der Waals surface area (Å²) in [5.74, 6) is 0.731. The average molecular weight is 380 g/mol. The number of aromatic nitrogens is 2. The van der Waals surface area contributed by atoms with Crippen molar-refractivity contribution in [2.75, 3.05) is 24.5 Å². The third-order valence-electron chi connectivity index (χ3n) is 5.46. The smallest absolute Gasteiger partial charge is 0.224 e. The molecule has 0 aliphatic carbocycles. The van der Waals surface area contributed by atoms with Gasteiger partial charge in [0.2, 0.25) is 11.9 Å². The van der Waals surface area contributed by atoms with Crippen LogP contribution in [0.1, 0.15) is 18.4 Å². The van der Waals surface area contributed by atoms with Crippen LogP contribution in [-0.4, -0.2) is 35.1 Å². The van der Waals surface area contributed by atoms with Crippen LogP contribution in [0.25, 0.3) is 11.0 Å². The molecule has 1 aliphatic heterocycles. The number of carbonyl (C=O) groups excluding carboxylic acids is 1. The maximum absolute atomic E-state index is 13.0. The molecule has 0 bridgehead atoms. The van der Waals surface area contributed by atoms with Gasteiger partial charge in [-0.3, -0.25) is 4.79 Å². The highest BCUT2D eigenvalue weighted by Gasteiger charge is 2.28. The van der Waals surface area contributed by atoms with E-state index < -0.39 is 0 Å². The minimum atomic E-state index is -0.239. The minimum absolute atomic E-state index is 0.0400. The van der Waals surface area contributed by atoms with Gasteiger partial charge in [0.25, 0.3) is 0 Å². The minimum Gasteiger partial charge on any atom is -0.355 e. The Balaban J connectivity index is 1.36. The van der Waals surface area contributed by atoms with Crippen molar-refractivity contribution >= 4 is 22.9 Å². The summed E-state index contributed by atoms with van der Waals surface area (Å²) in [6.07, 6.45) is 2.56. The van der Waals surface area contributed by atoms with Gasteiger partial charge in [-0.1, -0.05) is 24.3 Å². The van der Waals surface area contributed by atoms with Gasteiger partial charge in [0, 0.05) is 26.7 Å². The summed E-state index contributed by atoms with van der Waals surface area (Å²) >= 11 is 0. The normalized spacial score (nSPS) is 17.1. The molecule has 1 fully saturated rings. The molecular formula is C22H25FN4O. The number of anilines is 1. The number of rotatable bonds is 5. The molecule has 1 N–H and O–H groups in total. The molecule has 1 saturated heterocycles. The number of nitrogens with one attached hydrogen (secondary N) is 1. The van der Waals surface area contributed by atoms with Crippen molar-refractivity contribution in [1.29, 1.82) is 0 Å². The number of para-hydroxylation sites is 2. The van der Waals surface area contributed by atoms with Crippen LogP contribution >= 0.6 is 0 Å². The molecule has 2 heterocycles. The van der Waals surface area contributed by atoms with E-state index in [2.05, 4.69) is 20.9 Å². The first kappa shape index (κ1) is 18.5. The lowest BCUT2D eigenvalue weighted by Crippen LogP contribution is -2.44. The van der Waals surface area contributed by atoms with E-state index in [4.69, 9.17) is 4.98 Å². The summed E-state index contributed by atoms with van der Waals surface area (Å²) in [4.78, 5) is 19.6. The molecule has 1 amide bonds. The first-order valence-electron chi connectivity index (χ1n) is 9.80. The number of amides is 1. The van der Waals surface area contributed by atoms with Crippen molar-refractivity contribution in [2.45, 2.75) is 19.3 Å². The Morgan fingerprint density at radius 3 is 2.79 bits per heavy atom. The van der Waals surface area contributed by atoms with Gasteiger partial charge in [-0.2, -0.15) is 0 Å². The predicted octanol–water partition coefficient (Wildman–Crippen LogP) is 3.29. The van der Waals surface area contributed by atoms with E-state index in [9.17, 15) is 9.18 Å². The number of carbonyl (C=O) groups is 1. The first-order chi connectivity index (χ1) is 13.6. The quantitative estimate of drug-likeness (QED) is 0.739. The first-order valence-corrected chi connectivity index (χ1v) is 9.80. The van der Waals surface area contributed by atoms with Crippen molar-refractivity contribution in [3.8, 4) is 0 Å². The molecule has 1 aliphatic rings. The van der Waals surface area contributed by atoms with Crippen LogP contribution in [0.15, 0.2) is 48.5 Å². The summed E-state index contributed by atoms with van der Waals surface area (Å²) in [5.41, 5.74) is 3.10. The van der Waals surface area contributed by atoms with Gasteiger partial charge in [-0.05, 0) is 49.1 Å². The van der Waals surface area contributed by atoms with E-state index >= 15 is 0 Å². The number of hydrogen-bond donors (Lipinski definition) is 1. The summed E-state index contributed by atoms with van der Waals surface area (Å²) in [6.45, 7) is 2.16. The van der Waals surface area contributed by atoms with E-state index in [0.29, 0.717) is 19.5 Å². The molecule has 0 radical (unpaired) electrons. The maximum Gasteiger partial charge on any atom is 0.224 e. The maximum atomic E-state index is 13.0. The molecule has 0 unspecified atom stereocenters. The third-order valence-corrected chi connectivity index (χ3v) is 5.46. The highest BCUT2D eigenvalue weighted by Crippen LogP contribution is 2.26. The lowest BCUT2D eigenvalue weighted by atomic mass is 9.97. The third kappa shape index (κ3) is 3.86. The van der Waals surface area contributed by atoms with Crippen LogP contribution in [0.5, 0.6) is 0 Å². The van der Waals surface area contributed by atoms with Gasteiger partial charge < -0.3 is 14.8 Å². The van der Waals surface area contributed by atoms with Crippen LogP contribution in [-0.2, 0) is 18.3 Å². The van der Waals surface area contributed by atoms with Crippen molar-refractivity contribution in [1.82, 2.24) is 14.9 Å². The number of imidazole rings is 1. The van der Waals surface area contributed by atoms with Gasteiger partial charge in [0.15, 0.2) is 0 Å². The number of benzene rings is 2. The zero-order chi connectivity index (χ0) is 19.5. The van der Waals surface area contributed by atoms with E-state index in [0.717, 1.165) is 41.9 Å². The van der Waals surface area contributed by atoms with Crippen LogP contribution in [0, 0.1) is 11.7 Å². The summed E-state index contributed by atoms with van der Waals surface area (Å²) in [7, 11) is 2.02. The number of aryl methyl sites for hydroxylation is 1. The standard InChI is InChI=1S/C22H25FN4O/c1-26-20-7-3-2-6-19(20)25-22(26)27-14-4-5-17(15-27)21(28)24-13-12-16-8-10-18(23)11-9-16/h2-3,6-11,17H,4-5,12-15H2,1H3,(H,24,28)/t17-/m1/s1. The van der Waals surface area contributed by atoms with Crippen LogP contribution < -0.4 is 10.2 Å². The topological polar surface area (TPSA) is 50.2 Å². The molecule has 3 aromatic rings. The Kier molecular flexibility index (Phi) is 5.28. The average Bonchev–Trinajstić information content (AvgIpc) is 3.06. The highest BCUT2D eigenvalue weighted by atomic mass is 19.1. The molecule has 0 spiro atoms. The molecule has 1 aromatic heterocycles. The fourth-order valence-electron chi connectivity index (χ4n) is 3.91. The highest BCUT2D eigenvalue weighted by molar-refractivity contribution is 5.81. The van der Waals surface area contributed by atoms with E-state index in [1.165, 1.54) is 12.1 Å². The fourth-order valence-corrected chi connectivity index (χ4v) is 3.91. The van der Waals surface area contributed by atoms with Crippen molar-refractivity contribution in [3.05, 3.63) is 59.9 Å². The van der Waals surface area contributed by atoms with Crippen molar-refractivity contribution in [3.63, 3.8) is 0 Å². The monoisotopic (exact) mass is 380 g/mol. The predicted molar refractivity (Wildman–Crippen MR) is 109 cm³/mol. The molecule has 0 saturated carbocycles. The zero-order valence-electron chi connectivity index (χ0n) is 16.1. The van der Waals surface area contributed by atoms with E-state index in [1.807, 2.05) is 25.2 Å². The number of nitrogens with zero attached hydrogens (tertiary/aromatic N) is 3. The lowest BCUT2D eigenvalue weighted by Gasteiger charge is -2.32. The Morgan fingerprint density at radius 1 is 1.21 bits per heavy atom. The molecule has 1 atom stereocenters. The second kappa shape index (κ2) is 8.00. The Bertz CT molecular complexity index is 966. The number of halogens is 1. The van der Waals surface area contributed by atoms with Crippen molar-refractivity contribution < 1.29 is 9.18 Å². The SMILES string of the molecule is Cn1c(N2CCC[C@@H](C(=O)NCCc3ccc(F)cc3)C2)nc2ccccc21. The van der Waals surface area contributed by atoms with E-state index in [1.54, 1.807) is 12.1 Å². The molecule has 5 nitrogen and oxygen atoms in total. The fraction of sp³-hybridized carbons (Fsp3) is 0.364. The van der Waals surface area contributed by atoms with Gasteiger partial charge in [0.1, 0.15) is 5.82 Å². The molecule has 28 heavy (non-hydrogen) atoms. The molecule has 2 aromatic carbocycles. The van der Waals surface area contributed by atoms with Crippen LogP contribution in [0.3, 0.4) is 0 Å². The molecule has 6 heteroatoms. The van der Waals surface area contributed by atoms with E-state index in [-0.39, 0.29) is 17.6 Å². The zero-order valence-corrected chi connectivity index (χ0v) is 16.1. The summed E-state index contributed by atoms with van der Waals surface area (Å²) in [5, 5.41) is 3.04. The molecule has 146 valence electrons. The van der Waals surface area contributed by atoms with Gasteiger partial charge in [0.05, 0.1) is 17.0 Å². The Labute approximate surface area is 164 Å². The van der Waals surface area contributed by atoms with Gasteiger partial charge in [-0.25, -0.2) is 9.37 Å². The second-order valence-corrected chi connectivity index (χ2v) is 7.41. The second-order valence-electron chi connectivity index (χ2n) is 7.41. The van der Waals surface area contributed by atoms with Crippen molar-refractivity contribution in [2.24, 2.45) is 13.0 Å². The van der Waals surface area contributed by atoms with Gasteiger partial charge in [-0.15, -0.1) is 0 Å². The number of fused-ring (bicyclic) bond motifs is 1. The largest absolute Gasteiger partial charge is 0.355 e. The van der Waals surface area contributed by atoms with Crippen LogP contribution in [0.4, 0.5) is 10.3 Å². The number of piperidine rings is 1.